The molecule has 0 heterocycles. The van der Waals surface area contributed by atoms with Gasteiger partial charge in [-0.25, -0.2) is 0 Å². The Bertz CT molecular complexity index is 2720. The maximum atomic E-state index is 7.40. The molecule has 6 aromatic carbocycles. The van der Waals surface area contributed by atoms with E-state index in [9.17, 15) is 0 Å². The van der Waals surface area contributed by atoms with E-state index in [-0.39, 0.29) is 43.3 Å². The molecule has 6 aromatic rings. The molecule has 0 spiro atoms. The molecule has 0 atom stereocenters. The molecule has 0 bridgehead atoms. The van der Waals surface area contributed by atoms with Crippen LogP contribution in [0.2, 0.25) is 0 Å². The minimum absolute atomic E-state index is 0.0749. The summed E-state index contributed by atoms with van der Waals surface area (Å²) in [5.41, 5.74) is 16.1. The van der Waals surface area contributed by atoms with E-state index in [2.05, 4.69) is 291 Å². The summed E-state index contributed by atoms with van der Waals surface area (Å²) in [6.07, 6.45) is 0. The van der Waals surface area contributed by atoms with Crippen molar-refractivity contribution in [2.24, 2.45) is 0 Å². The zero-order valence-corrected chi connectivity index (χ0v) is 55.6. The van der Waals surface area contributed by atoms with Crippen LogP contribution in [-0.4, -0.2) is 0 Å². The minimum atomic E-state index is -1.67. The topological polar surface area (TPSA) is 36.9 Å². The first-order valence-corrected chi connectivity index (χ1v) is 30.9. The molecule has 0 aliphatic carbocycles. The summed E-state index contributed by atoms with van der Waals surface area (Å²) < 4.78 is 29.6. The molecule has 0 amide bonds. The van der Waals surface area contributed by atoms with Gasteiger partial charge in [-0.3, -0.25) is 0 Å². The lowest BCUT2D eigenvalue weighted by molar-refractivity contribution is 0.463. The Hall–Kier alpha value is -4.62. The van der Waals surface area contributed by atoms with Gasteiger partial charge in [-0.15, -0.1) is 0 Å². The molecule has 422 valence electrons. The highest BCUT2D eigenvalue weighted by molar-refractivity contribution is 7.57. The van der Waals surface area contributed by atoms with Crippen molar-refractivity contribution < 1.29 is 18.1 Å². The van der Waals surface area contributed by atoms with E-state index in [1.54, 1.807) is 0 Å². The van der Waals surface area contributed by atoms with Gasteiger partial charge in [-0.2, -0.15) is 0 Å². The van der Waals surface area contributed by atoms with Crippen LogP contribution in [-0.2, 0) is 43.3 Å². The van der Waals surface area contributed by atoms with Crippen LogP contribution in [0, 0.1) is 27.7 Å². The molecule has 6 rings (SSSR count). The molecule has 0 radical (unpaired) electrons. The minimum Gasteiger partial charge on any atom is -0.435 e. The van der Waals surface area contributed by atoms with E-state index in [1.165, 1.54) is 66.8 Å². The zero-order chi connectivity index (χ0) is 58.8. The number of rotatable bonds is 11. The van der Waals surface area contributed by atoms with Crippen LogP contribution < -0.4 is 28.7 Å². The second-order valence-corrected chi connectivity index (χ2v) is 33.4. The maximum Gasteiger partial charge on any atom is 0.326 e. The first-order chi connectivity index (χ1) is 35.3. The van der Waals surface area contributed by atoms with Crippen molar-refractivity contribution in [1.82, 2.24) is 0 Å². The van der Waals surface area contributed by atoms with Crippen LogP contribution in [0.3, 0.4) is 0 Å². The summed E-state index contributed by atoms with van der Waals surface area (Å²) in [7, 11) is -3.34. The average molecular weight is 1090 g/mol. The van der Waals surface area contributed by atoms with E-state index in [0.717, 1.165) is 44.7 Å². The van der Waals surface area contributed by atoms with Crippen LogP contribution in [0.4, 0.5) is 0 Å². The van der Waals surface area contributed by atoms with Crippen LogP contribution >= 0.6 is 16.8 Å². The van der Waals surface area contributed by atoms with Crippen molar-refractivity contribution in [1.29, 1.82) is 0 Å². The Morgan fingerprint density at radius 3 is 0.551 bits per heavy atom. The smallest absolute Gasteiger partial charge is 0.326 e. The number of aryl methyl sites for hydroxylation is 4. The third-order valence-electron chi connectivity index (χ3n) is 15.0. The third-order valence-corrected chi connectivity index (χ3v) is 17.9. The monoisotopic (exact) mass is 1090 g/mol. The van der Waals surface area contributed by atoms with Crippen LogP contribution in [0.15, 0.2) is 97.1 Å². The van der Waals surface area contributed by atoms with Crippen molar-refractivity contribution in [2.45, 2.75) is 237 Å². The van der Waals surface area contributed by atoms with Gasteiger partial charge in [0.25, 0.3) is 0 Å². The fourth-order valence-corrected chi connectivity index (χ4v) is 13.4. The Kier molecular flexibility index (Phi) is 17.7. The summed E-state index contributed by atoms with van der Waals surface area (Å²) in [4.78, 5) is 0. The summed E-state index contributed by atoms with van der Waals surface area (Å²) in [5, 5.41) is 1.99. The van der Waals surface area contributed by atoms with Crippen molar-refractivity contribution >= 4 is 27.4 Å². The van der Waals surface area contributed by atoms with E-state index in [4.69, 9.17) is 18.1 Å². The summed E-state index contributed by atoms with van der Waals surface area (Å²) >= 11 is 0. The molecule has 6 heteroatoms. The molecule has 0 N–H and O–H groups in total. The Morgan fingerprint density at radius 1 is 0.231 bits per heavy atom. The molecule has 0 saturated carbocycles. The summed E-state index contributed by atoms with van der Waals surface area (Å²) in [6.45, 7) is 63.5. The Labute approximate surface area is 478 Å². The van der Waals surface area contributed by atoms with E-state index < -0.39 is 16.8 Å². The molecule has 0 aromatic heterocycles. The highest BCUT2D eigenvalue weighted by Crippen LogP contribution is 2.51. The quantitative estimate of drug-likeness (QED) is 0.121. The summed E-state index contributed by atoms with van der Waals surface area (Å²) in [6, 6.07) is 36.2. The lowest BCUT2D eigenvalue weighted by atomic mass is 9.79. The van der Waals surface area contributed by atoms with Gasteiger partial charge in [0.2, 0.25) is 0 Å². The maximum absolute atomic E-state index is 7.40. The van der Waals surface area contributed by atoms with E-state index >= 15 is 0 Å². The number of benzene rings is 6. The molecule has 4 nitrogen and oxygen atoms in total. The average Bonchev–Trinajstić information content (AvgIpc) is 3.28. The standard InChI is InChI=1S/C72H100O4P2/c1-45-37-57(69(17,18)19)61(41-53(45)65(5,6)7)73-77(74-62-42-54(66(8,9)10)46(2)38-58(62)70(20,21)22)51-33-29-49(30-34-51)50-31-35-52(36-32-50)78(75-63-43-55(67(11,12)13)47(3)39-59(63)71(23,24)25)76-64-44-56(68(14,15)16)48(4)40-60(64)72(26,27)28/h29-44H,1-28H3. The predicted molar refractivity (Wildman–Crippen MR) is 342 cm³/mol. The Balaban J connectivity index is 1.50. The van der Waals surface area contributed by atoms with Gasteiger partial charge in [0.05, 0.1) is 10.6 Å². The molecule has 0 aliphatic rings. The Morgan fingerprint density at radius 2 is 0.397 bits per heavy atom. The number of hydrogen-bond donors (Lipinski definition) is 0. The van der Waals surface area contributed by atoms with Gasteiger partial charge < -0.3 is 18.1 Å². The lowest BCUT2D eigenvalue weighted by Gasteiger charge is -2.32. The molecular formula is C72H100O4P2. The van der Waals surface area contributed by atoms with Crippen molar-refractivity contribution in [3.63, 3.8) is 0 Å². The van der Waals surface area contributed by atoms with Gasteiger partial charge in [0.15, 0.2) is 0 Å². The van der Waals surface area contributed by atoms with Gasteiger partial charge in [-0.05, 0) is 175 Å². The molecular weight excluding hydrogens is 991 g/mol. The van der Waals surface area contributed by atoms with Crippen LogP contribution in [0.5, 0.6) is 23.0 Å². The molecule has 0 aliphatic heterocycles. The zero-order valence-electron chi connectivity index (χ0n) is 53.8. The molecule has 0 unspecified atom stereocenters. The van der Waals surface area contributed by atoms with Crippen LogP contribution in [0.1, 0.15) is 233 Å². The third kappa shape index (κ3) is 14.6. The molecule has 0 fully saturated rings. The van der Waals surface area contributed by atoms with E-state index in [0.29, 0.717) is 0 Å². The van der Waals surface area contributed by atoms with Crippen molar-refractivity contribution in [2.75, 3.05) is 0 Å². The summed E-state index contributed by atoms with van der Waals surface area (Å²) in [5.74, 6) is 3.48. The fourth-order valence-electron chi connectivity index (χ4n) is 10.8. The first-order valence-electron chi connectivity index (χ1n) is 28.5. The second-order valence-electron chi connectivity index (χ2n) is 30.6. The number of hydrogen-bond acceptors (Lipinski definition) is 4. The van der Waals surface area contributed by atoms with E-state index in [1.807, 2.05) is 0 Å². The van der Waals surface area contributed by atoms with Gasteiger partial charge in [0.1, 0.15) is 23.0 Å². The molecule has 0 saturated heterocycles. The normalized spacial score (nSPS) is 13.4. The van der Waals surface area contributed by atoms with Crippen molar-refractivity contribution in [3.05, 3.63) is 164 Å². The highest BCUT2D eigenvalue weighted by Gasteiger charge is 2.34. The SMILES string of the molecule is Cc1cc(C(C)(C)C)c(OP(Oc2cc(C(C)(C)C)c(C)cc2C(C)(C)C)c2ccc(-c3ccc(P(Oc4cc(C(C)(C)C)c(C)cc4C(C)(C)C)Oc4cc(C(C)(C)C)c(C)cc4C(C)(C)C)cc3)cc2)cc1C(C)(C)C. The van der Waals surface area contributed by atoms with Gasteiger partial charge >= 0.3 is 16.8 Å². The lowest BCUT2D eigenvalue weighted by Crippen LogP contribution is -2.21. The highest BCUT2D eigenvalue weighted by atomic mass is 31.2. The van der Waals surface area contributed by atoms with Crippen LogP contribution in [0.25, 0.3) is 11.1 Å². The molecule has 78 heavy (non-hydrogen) atoms. The largest absolute Gasteiger partial charge is 0.435 e. The van der Waals surface area contributed by atoms with Gasteiger partial charge in [0, 0.05) is 22.3 Å². The van der Waals surface area contributed by atoms with Crippen molar-refractivity contribution in [3.8, 4) is 34.1 Å². The second kappa shape index (κ2) is 22.0. The van der Waals surface area contributed by atoms with Gasteiger partial charge in [-0.1, -0.05) is 215 Å². The fraction of sp³-hybridized carbons (Fsp3) is 0.500. The first kappa shape index (κ1) is 62.6. The predicted octanol–water partition coefficient (Wildman–Crippen LogP) is 21.2.